The van der Waals surface area contributed by atoms with Gasteiger partial charge in [-0.3, -0.25) is 4.79 Å². The molecule has 1 heterocycles. The van der Waals surface area contributed by atoms with E-state index in [1.807, 2.05) is 0 Å². The Morgan fingerprint density at radius 1 is 1.25 bits per heavy atom. The van der Waals surface area contributed by atoms with Crippen LogP contribution in [0.1, 0.15) is 44.9 Å². The topological polar surface area (TPSA) is 107 Å². The minimum absolute atomic E-state index is 0.0435. The van der Waals surface area contributed by atoms with Crippen LogP contribution in [0.15, 0.2) is 0 Å². The monoisotopic (exact) mass is 306 g/mol. The molecule has 1 aliphatic carbocycles. The molecule has 1 unspecified atom stereocenters. The third-order valence-corrected chi connectivity index (χ3v) is 5.73. The van der Waals surface area contributed by atoms with Crippen molar-refractivity contribution >= 4 is 16.2 Å². The fourth-order valence-corrected chi connectivity index (χ4v) is 4.47. The van der Waals surface area contributed by atoms with E-state index < -0.39 is 27.8 Å². The molecule has 7 nitrogen and oxygen atoms in total. The normalized spacial score (nSPS) is 27.6. The van der Waals surface area contributed by atoms with Gasteiger partial charge < -0.3 is 10.2 Å². The van der Waals surface area contributed by atoms with Gasteiger partial charge in [0.2, 0.25) is 0 Å². The van der Waals surface area contributed by atoms with E-state index in [4.69, 9.17) is 5.11 Å². The zero-order chi connectivity index (χ0) is 14.8. The second kappa shape index (κ2) is 5.97. The number of aliphatic carboxylic acids is 1. The molecule has 3 N–H and O–H groups in total. The fraction of sp³-hybridized carbons (Fsp3) is 0.917. The molecule has 1 saturated carbocycles. The number of rotatable bonds is 5. The van der Waals surface area contributed by atoms with E-state index in [0.717, 1.165) is 17.1 Å². The molecule has 1 atom stereocenters. The molecular formula is C12H22N2O5S. The van der Waals surface area contributed by atoms with Crippen LogP contribution < -0.4 is 4.72 Å². The number of nitrogens with one attached hydrogen (secondary N) is 1. The van der Waals surface area contributed by atoms with Crippen molar-refractivity contribution in [2.75, 3.05) is 13.1 Å². The highest BCUT2D eigenvalue weighted by Gasteiger charge is 2.39. The van der Waals surface area contributed by atoms with Crippen LogP contribution in [0.25, 0.3) is 0 Å². The maximum atomic E-state index is 12.2. The first-order chi connectivity index (χ1) is 9.34. The molecule has 20 heavy (non-hydrogen) atoms. The summed E-state index contributed by atoms with van der Waals surface area (Å²) in [6.07, 6.45) is 4.65. The first-order valence-corrected chi connectivity index (χ1v) is 8.50. The van der Waals surface area contributed by atoms with E-state index in [0.29, 0.717) is 32.1 Å². The van der Waals surface area contributed by atoms with Gasteiger partial charge in [-0.25, -0.2) is 0 Å². The number of aliphatic hydroxyl groups is 1. The van der Waals surface area contributed by atoms with E-state index in [1.54, 1.807) is 0 Å². The van der Waals surface area contributed by atoms with Gasteiger partial charge in [0, 0.05) is 13.1 Å². The Morgan fingerprint density at radius 3 is 2.50 bits per heavy atom. The van der Waals surface area contributed by atoms with Crippen molar-refractivity contribution < 1.29 is 23.4 Å². The average molecular weight is 306 g/mol. The third-order valence-electron chi connectivity index (χ3n) is 4.17. The molecule has 2 rings (SSSR count). The van der Waals surface area contributed by atoms with E-state index in [1.165, 1.54) is 0 Å². The Balaban J connectivity index is 2.02. The van der Waals surface area contributed by atoms with Gasteiger partial charge >= 0.3 is 5.97 Å². The van der Waals surface area contributed by atoms with E-state index in [-0.39, 0.29) is 13.1 Å². The number of carbonyl (C=O) groups is 1. The van der Waals surface area contributed by atoms with Gasteiger partial charge in [-0.2, -0.15) is 17.4 Å². The molecule has 0 aromatic rings. The highest BCUT2D eigenvalue weighted by atomic mass is 32.2. The molecule has 2 fully saturated rings. The summed E-state index contributed by atoms with van der Waals surface area (Å²) in [5, 5.41) is 19.3. The molecule has 1 saturated heterocycles. The molecule has 1 aliphatic heterocycles. The molecule has 0 spiro atoms. The zero-order valence-corrected chi connectivity index (χ0v) is 12.2. The standard InChI is InChI=1S/C12H22N2O5S/c15-11(16)10-5-1-4-8-14(10)20(18,19)13-9-12(17)6-2-3-7-12/h10,13,17H,1-9H2,(H,15,16). The van der Waals surface area contributed by atoms with Gasteiger partial charge in [0.05, 0.1) is 5.60 Å². The minimum Gasteiger partial charge on any atom is -0.480 e. The second-order valence-corrected chi connectivity index (χ2v) is 7.43. The second-order valence-electron chi connectivity index (χ2n) is 5.72. The summed E-state index contributed by atoms with van der Waals surface area (Å²) in [5.74, 6) is -1.12. The summed E-state index contributed by atoms with van der Waals surface area (Å²) in [4.78, 5) is 11.2. The highest BCUT2D eigenvalue weighted by Crippen LogP contribution is 2.29. The molecule has 0 amide bonds. The first-order valence-electron chi connectivity index (χ1n) is 7.06. The van der Waals surface area contributed by atoms with Crippen LogP contribution in [0, 0.1) is 0 Å². The number of nitrogens with zero attached hydrogens (tertiary/aromatic N) is 1. The number of carboxylic acid groups (broad SMARTS) is 1. The van der Waals surface area contributed by atoms with E-state index in [2.05, 4.69) is 4.72 Å². The summed E-state index contributed by atoms with van der Waals surface area (Å²) in [5.41, 5.74) is -0.985. The first kappa shape index (κ1) is 15.7. The van der Waals surface area contributed by atoms with Crippen LogP contribution in [0.2, 0.25) is 0 Å². The minimum atomic E-state index is -3.86. The van der Waals surface area contributed by atoms with E-state index in [9.17, 15) is 18.3 Å². The SMILES string of the molecule is O=C(O)C1CCCCN1S(=O)(=O)NCC1(O)CCCC1. The van der Waals surface area contributed by atoms with Gasteiger partial charge in [-0.15, -0.1) is 0 Å². The van der Waals surface area contributed by atoms with Crippen molar-refractivity contribution in [3.05, 3.63) is 0 Å². The third kappa shape index (κ3) is 3.49. The fourth-order valence-electron chi connectivity index (χ4n) is 2.96. The van der Waals surface area contributed by atoms with Crippen LogP contribution in [0.3, 0.4) is 0 Å². The number of hydrogen-bond acceptors (Lipinski definition) is 4. The van der Waals surface area contributed by atoms with Crippen molar-refractivity contribution in [2.45, 2.75) is 56.6 Å². The van der Waals surface area contributed by atoms with Crippen molar-refractivity contribution in [1.29, 1.82) is 0 Å². The molecule has 0 bridgehead atoms. The lowest BCUT2D eigenvalue weighted by atomic mass is 10.0. The van der Waals surface area contributed by atoms with E-state index >= 15 is 0 Å². The summed E-state index contributed by atoms with van der Waals surface area (Å²) >= 11 is 0. The van der Waals surface area contributed by atoms with Crippen LogP contribution in [-0.2, 0) is 15.0 Å². The van der Waals surface area contributed by atoms with Crippen LogP contribution in [0.5, 0.6) is 0 Å². The summed E-state index contributed by atoms with van der Waals surface area (Å²) < 4.78 is 27.9. The average Bonchev–Trinajstić information content (AvgIpc) is 2.84. The molecular weight excluding hydrogens is 284 g/mol. The number of piperidine rings is 1. The van der Waals surface area contributed by atoms with Crippen molar-refractivity contribution in [2.24, 2.45) is 0 Å². The van der Waals surface area contributed by atoms with Crippen LogP contribution in [0.4, 0.5) is 0 Å². The Labute approximate surface area is 119 Å². The highest BCUT2D eigenvalue weighted by molar-refractivity contribution is 7.87. The largest absolute Gasteiger partial charge is 0.480 e. The lowest BCUT2D eigenvalue weighted by Gasteiger charge is -2.33. The van der Waals surface area contributed by atoms with Gasteiger partial charge in [0.25, 0.3) is 10.2 Å². The predicted octanol–water partition coefficient (Wildman–Crippen LogP) is 0.0650. The Morgan fingerprint density at radius 2 is 1.90 bits per heavy atom. The molecule has 2 aliphatic rings. The quantitative estimate of drug-likeness (QED) is 0.666. The zero-order valence-electron chi connectivity index (χ0n) is 11.4. The lowest BCUT2D eigenvalue weighted by molar-refractivity contribution is -0.142. The molecule has 116 valence electrons. The van der Waals surface area contributed by atoms with Crippen molar-refractivity contribution in [3.8, 4) is 0 Å². The Hall–Kier alpha value is -0.700. The summed E-state index contributed by atoms with van der Waals surface area (Å²) in [6, 6.07) is -1.00. The number of hydrogen-bond donors (Lipinski definition) is 3. The smallest absolute Gasteiger partial charge is 0.322 e. The summed E-state index contributed by atoms with van der Waals surface area (Å²) in [7, 11) is -3.86. The van der Waals surface area contributed by atoms with Gasteiger partial charge in [-0.05, 0) is 32.1 Å². The molecule has 0 radical (unpaired) electrons. The Kier molecular flexibility index (Phi) is 4.68. The number of carboxylic acids is 1. The summed E-state index contributed by atoms with van der Waals surface area (Å²) in [6.45, 7) is 0.170. The maximum Gasteiger partial charge on any atom is 0.322 e. The lowest BCUT2D eigenvalue weighted by Crippen LogP contribution is -2.54. The van der Waals surface area contributed by atoms with Gasteiger partial charge in [0.15, 0.2) is 0 Å². The van der Waals surface area contributed by atoms with Crippen molar-refractivity contribution in [3.63, 3.8) is 0 Å². The Bertz CT molecular complexity index is 458. The van der Waals surface area contributed by atoms with Gasteiger partial charge in [0.1, 0.15) is 6.04 Å². The molecule has 0 aromatic heterocycles. The van der Waals surface area contributed by atoms with Crippen LogP contribution in [-0.4, -0.2) is 53.6 Å². The maximum absolute atomic E-state index is 12.2. The molecule has 8 heteroatoms. The van der Waals surface area contributed by atoms with Crippen molar-refractivity contribution in [1.82, 2.24) is 9.03 Å². The van der Waals surface area contributed by atoms with Crippen LogP contribution >= 0.6 is 0 Å². The van der Waals surface area contributed by atoms with Gasteiger partial charge in [-0.1, -0.05) is 12.8 Å². The predicted molar refractivity (Wildman–Crippen MR) is 72.3 cm³/mol. The molecule has 0 aromatic carbocycles.